The number of rotatable bonds is 4. The molecule has 23 heavy (non-hydrogen) atoms. The van der Waals surface area contributed by atoms with Gasteiger partial charge in [-0.15, -0.1) is 0 Å². The first-order valence-electron chi connectivity index (χ1n) is 7.39. The molecule has 1 aliphatic carbocycles. The lowest BCUT2D eigenvalue weighted by molar-refractivity contribution is -0.384. The summed E-state index contributed by atoms with van der Waals surface area (Å²) in [4.78, 5) is 47.2. The Balaban J connectivity index is 2.20. The Morgan fingerprint density at radius 1 is 1.09 bits per heavy atom. The topological polar surface area (TPSA) is 94.3 Å². The van der Waals surface area contributed by atoms with Crippen LogP contribution in [0.4, 0.5) is 5.69 Å². The van der Waals surface area contributed by atoms with E-state index in [-0.39, 0.29) is 53.3 Å². The number of hydrogen-bond donors (Lipinski definition) is 0. The number of nitro groups is 1. The lowest BCUT2D eigenvalue weighted by atomic mass is 9.62. The van der Waals surface area contributed by atoms with Crippen molar-refractivity contribution >= 4 is 23.0 Å². The van der Waals surface area contributed by atoms with Crippen molar-refractivity contribution in [3.8, 4) is 0 Å². The van der Waals surface area contributed by atoms with Crippen LogP contribution in [0.5, 0.6) is 0 Å². The van der Waals surface area contributed by atoms with Gasteiger partial charge in [-0.2, -0.15) is 0 Å². The van der Waals surface area contributed by atoms with Crippen LogP contribution in [-0.4, -0.2) is 22.3 Å². The average Bonchev–Trinajstić information content (AvgIpc) is 2.44. The van der Waals surface area contributed by atoms with Gasteiger partial charge in [0.2, 0.25) is 0 Å². The van der Waals surface area contributed by atoms with Gasteiger partial charge in [0.1, 0.15) is 11.6 Å². The van der Waals surface area contributed by atoms with E-state index in [1.54, 1.807) is 0 Å². The highest BCUT2D eigenvalue weighted by Gasteiger charge is 2.49. The van der Waals surface area contributed by atoms with Crippen LogP contribution in [0, 0.1) is 20.9 Å². The second kappa shape index (κ2) is 5.68. The molecule has 0 spiro atoms. The molecule has 6 nitrogen and oxygen atoms in total. The van der Waals surface area contributed by atoms with Crippen molar-refractivity contribution in [1.29, 1.82) is 0 Å². The van der Waals surface area contributed by atoms with E-state index in [0.29, 0.717) is 0 Å². The van der Waals surface area contributed by atoms with Crippen molar-refractivity contribution in [1.82, 2.24) is 0 Å². The smallest absolute Gasteiger partial charge is 0.269 e. The minimum Gasteiger partial charge on any atom is -0.299 e. The van der Waals surface area contributed by atoms with Gasteiger partial charge in [-0.25, -0.2) is 0 Å². The van der Waals surface area contributed by atoms with E-state index in [9.17, 15) is 24.5 Å². The number of hydrogen-bond acceptors (Lipinski definition) is 5. The van der Waals surface area contributed by atoms with Gasteiger partial charge < -0.3 is 0 Å². The van der Waals surface area contributed by atoms with Crippen LogP contribution in [0.1, 0.15) is 50.4 Å². The minimum absolute atomic E-state index is 0.112. The fourth-order valence-corrected chi connectivity index (χ4v) is 2.87. The summed E-state index contributed by atoms with van der Waals surface area (Å²) in [5.74, 6) is -0.785. The standard InChI is InChI=1S/C17H19NO5/c1-16(2)9-14(20)17(3,15(21)10-16)8-13(19)11-4-6-12(7-5-11)18(22)23/h4-7H,8-10H2,1-3H3. The first kappa shape index (κ1) is 17.0. The Morgan fingerprint density at radius 3 is 2.00 bits per heavy atom. The van der Waals surface area contributed by atoms with E-state index in [2.05, 4.69) is 0 Å². The van der Waals surface area contributed by atoms with Crippen molar-refractivity contribution in [2.75, 3.05) is 0 Å². The molecule has 0 radical (unpaired) electrons. The molecular formula is C17H19NO5. The third-order valence-corrected chi connectivity index (χ3v) is 4.42. The molecule has 0 aliphatic heterocycles. The molecule has 6 heteroatoms. The van der Waals surface area contributed by atoms with E-state index in [1.807, 2.05) is 13.8 Å². The number of ketones is 3. The zero-order valence-electron chi connectivity index (χ0n) is 13.4. The summed E-state index contributed by atoms with van der Waals surface area (Å²) in [5.41, 5.74) is -1.51. The zero-order chi connectivity index (χ0) is 17.4. The van der Waals surface area contributed by atoms with Crippen molar-refractivity contribution < 1.29 is 19.3 Å². The van der Waals surface area contributed by atoms with Crippen LogP contribution in [0.2, 0.25) is 0 Å². The summed E-state index contributed by atoms with van der Waals surface area (Å²) in [7, 11) is 0. The highest BCUT2D eigenvalue weighted by Crippen LogP contribution is 2.42. The maximum Gasteiger partial charge on any atom is 0.269 e. The van der Waals surface area contributed by atoms with Crippen molar-refractivity contribution in [3.63, 3.8) is 0 Å². The lowest BCUT2D eigenvalue weighted by Crippen LogP contribution is -2.46. The van der Waals surface area contributed by atoms with Gasteiger partial charge in [-0.05, 0) is 24.5 Å². The molecule has 0 aromatic heterocycles. The molecular weight excluding hydrogens is 298 g/mol. The van der Waals surface area contributed by atoms with Crippen LogP contribution in [0.25, 0.3) is 0 Å². The Labute approximate surface area is 134 Å². The highest BCUT2D eigenvalue weighted by molar-refractivity contribution is 6.13. The quantitative estimate of drug-likeness (QED) is 0.368. The molecule has 0 saturated heterocycles. The lowest BCUT2D eigenvalue weighted by Gasteiger charge is -2.38. The molecule has 1 aromatic rings. The van der Waals surface area contributed by atoms with Gasteiger partial charge in [0.25, 0.3) is 5.69 Å². The van der Waals surface area contributed by atoms with E-state index >= 15 is 0 Å². The molecule has 0 N–H and O–H groups in total. The number of carbonyl (C=O) groups excluding carboxylic acids is 3. The van der Waals surface area contributed by atoms with Crippen LogP contribution >= 0.6 is 0 Å². The molecule has 122 valence electrons. The summed E-state index contributed by atoms with van der Waals surface area (Å²) >= 11 is 0. The summed E-state index contributed by atoms with van der Waals surface area (Å²) in [6.45, 7) is 5.25. The number of non-ortho nitro benzene ring substituents is 1. The monoisotopic (exact) mass is 317 g/mol. The van der Waals surface area contributed by atoms with Crippen LogP contribution in [-0.2, 0) is 9.59 Å². The average molecular weight is 317 g/mol. The second-order valence-corrected chi connectivity index (χ2v) is 7.10. The summed E-state index contributed by atoms with van der Waals surface area (Å²) in [6, 6.07) is 5.18. The van der Waals surface area contributed by atoms with Crippen molar-refractivity contribution in [2.24, 2.45) is 10.8 Å². The molecule has 1 aromatic carbocycles. The molecule has 0 bridgehead atoms. The Hall–Kier alpha value is -2.37. The van der Waals surface area contributed by atoms with Crippen LogP contribution in [0.15, 0.2) is 24.3 Å². The number of nitro benzene ring substituents is 1. The van der Waals surface area contributed by atoms with E-state index < -0.39 is 10.3 Å². The number of nitrogens with zero attached hydrogens (tertiary/aromatic N) is 1. The summed E-state index contributed by atoms with van der Waals surface area (Å²) in [5, 5.41) is 10.6. The second-order valence-electron chi connectivity index (χ2n) is 7.10. The SMILES string of the molecule is CC1(C)CC(=O)C(C)(CC(=O)c2ccc([N+](=O)[O-])cc2)C(=O)C1. The Bertz CT molecular complexity index is 667. The molecule has 1 aliphatic rings. The Morgan fingerprint density at radius 2 is 1.57 bits per heavy atom. The first-order chi connectivity index (χ1) is 10.5. The predicted octanol–water partition coefficient (Wildman–Crippen LogP) is 3.13. The number of benzene rings is 1. The van der Waals surface area contributed by atoms with Gasteiger partial charge in [0.05, 0.1) is 10.3 Å². The predicted molar refractivity (Wildman–Crippen MR) is 83.2 cm³/mol. The summed E-state index contributed by atoms with van der Waals surface area (Å²) < 4.78 is 0. The third kappa shape index (κ3) is 3.36. The van der Waals surface area contributed by atoms with Gasteiger partial charge in [-0.3, -0.25) is 24.5 Å². The summed E-state index contributed by atoms with van der Waals surface area (Å²) in [6.07, 6.45) is 0.337. The molecule has 1 fully saturated rings. The molecule has 0 heterocycles. The van der Waals surface area contributed by atoms with Crippen molar-refractivity contribution in [3.05, 3.63) is 39.9 Å². The fraction of sp³-hybridized carbons (Fsp3) is 0.471. The van der Waals surface area contributed by atoms with Gasteiger partial charge in [0.15, 0.2) is 5.78 Å². The third-order valence-electron chi connectivity index (χ3n) is 4.42. The number of Topliss-reactive ketones (excluding diaryl/α,β-unsaturated/α-hetero) is 3. The molecule has 0 atom stereocenters. The normalized spacial score (nSPS) is 19.4. The van der Waals surface area contributed by atoms with Crippen molar-refractivity contribution in [2.45, 2.75) is 40.0 Å². The largest absolute Gasteiger partial charge is 0.299 e. The van der Waals surface area contributed by atoms with E-state index in [4.69, 9.17) is 0 Å². The molecule has 0 unspecified atom stereocenters. The van der Waals surface area contributed by atoms with E-state index in [1.165, 1.54) is 31.2 Å². The first-order valence-corrected chi connectivity index (χ1v) is 7.39. The molecule has 0 amide bonds. The van der Waals surface area contributed by atoms with E-state index in [0.717, 1.165) is 0 Å². The minimum atomic E-state index is -1.30. The number of carbonyl (C=O) groups is 3. The zero-order valence-corrected chi connectivity index (χ0v) is 13.4. The van der Waals surface area contributed by atoms with Gasteiger partial charge >= 0.3 is 0 Å². The van der Waals surface area contributed by atoms with Gasteiger partial charge in [-0.1, -0.05) is 13.8 Å². The van der Waals surface area contributed by atoms with Crippen LogP contribution < -0.4 is 0 Å². The Kier molecular flexibility index (Phi) is 4.20. The molecule has 1 saturated carbocycles. The maximum absolute atomic E-state index is 12.4. The fourth-order valence-electron chi connectivity index (χ4n) is 2.87. The maximum atomic E-state index is 12.4. The highest BCUT2D eigenvalue weighted by atomic mass is 16.6. The van der Waals surface area contributed by atoms with Crippen LogP contribution in [0.3, 0.4) is 0 Å². The molecule has 2 rings (SSSR count). The van der Waals surface area contributed by atoms with Gasteiger partial charge in [0, 0.05) is 37.0 Å².